The molecule has 2 aliphatic heterocycles. The van der Waals surface area contributed by atoms with Crippen LogP contribution < -0.4 is 5.32 Å². The van der Waals surface area contributed by atoms with Crippen molar-refractivity contribution in [1.82, 2.24) is 20.0 Å². The monoisotopic (exact) mass is 350 g/mol. The van der Waals surface area contributed by atoms with Crippen LogP contribution in [0.1, 0.15) is 51.9 Å². The number of nitrogens with zero attached hydrogens (tertiary/aromatic N) is 3. The van der Waals surface area contributed by atoms with Crippen molar-refractivity contribution < 1.29 is 9.59 Å². The largest absolute Gasteiger partial charge is 0.338 e. The maximum absolute atomic E-state index is 12.8. The molecule has 1 aliphatic carbocycles. The molecular weight excluding hydrogens is 316 g/mol. The summed E-state index contributed by atoms with van der Waals surface area (Å²) in [6.07, 6.45) is 7.87. The van der Waals surface area contributed by atoms with Gasteiger partial charge in [0.15, 0.2) is 0 Å². The van der Waals surface area contributed by atoms with Gasteiger partial charge in [0.1, 0.15) is 0 Å². The van der Waals surface area contributed by atoms with Crippen molar-refractivity contribution >= 4 is 11.9 Å². The van der Waals surface area contributed by atoms with Gasteiger partial charge < -0.3 is 20.0 Å². The minimum atomic E-state index is 0.0270. The van der Waals surface area contributed by atoms with Crippen LogP contribution in [0.4, 0.5) is 4.79 Å². The Morgan fingerprint density at radius 3 is 2.52 bits per heavy atom. The molecule has 142 valence electrons. The number of urea groups is 1. The van der Waals surface area contributed by atoms with E-state index >= 15 is 0 Å². The van der Waals surface area contributed by atoms with E-state index in [0.29, 0.717) is 12.5 Å². The van der Waals surface area contributed by atoms with E-state index in [4.69, 9.17) is 0 Å². The summed E-state index contributed by atoms with van der Waals surface area (Å²) in [6, 6.07) is 0.226. The van der Waals surface area contributed by atoms with Crippen molar-refractivity contribution in [2.45, 2.75) is 57.9 Å². The molecule has 25 heavy (non-hydrogen) atoms. The van der Waals surface area contributed by atoms with Gasteiger partial charge in [0.2, 0.25) is 5.91 Å². The lowest BCUT2D eigenvalue weighted by molar-refractivity contribution is -0.135. The second kappa shape index (κ2) is 8.88. The molecule has 3 fully saturated rings. The maximum atomic E-state index is 12.8. The Morgan fingerprint density at radius 2 is 1.84 bits per heavy atom. The van der Waals surface area contributed by atoms with Crippen LogP contribution in [0.2, 0.25) is 0 Å². The Bertz CT molecular complexity index is 460. The van der Waals surface area contributed by atoms with Crippen molar-refractivity contribution in [2.75, 3.05) is 45.8 Å². The van der Waals surface area contributed by atoms with E-state index in [9.17, 15) is 9.59 Å². The van der Waals surface area contributed by atoms with Crippen LogP contribution in [0.25, 0.3) is 0 Å². The molecule has 2 saturated heterocycles. The van der Waals surface area contributed by atoms with E-state index in [1.165, 1.54) is 32.4 Å². The summed E-state index contributed by atoms with van der Waals surface area (Å²) in [4.78, 5) is 31.5. The van der Waals surface area contributed by atoms with Crippen LogP contribution in [0.3, 0.4) is 0 Å². The average Bonchev–Trinajstić information content (AvgIpc) is 3.38. The molecule has 0 aromatic heterocycles. The van der Waals surface area contributed by atoms with E-state index in [0.717, 1.165) is 51.9 Å². The van der Waals surface area contributed by atoms with Crippen LogP contribution in [-0.4, -0.2) is 78.5 Å². The van der Waals surface area contributed by atoms with Crippen LogP contribution in [0, 0.1) is 5.92 Å². The highest BCUT2D eigenvalue weighted by Crippen LogP contribution is 2.32. The number of amides is 3. The fraction of sp³-hybridized carbons (Fsp3) is 0.895. The number of piperidine rings is 1. The number of likely N-dealkylation sites (tertiary alicyclic amines) is 2. The first-order valence-electron chi connectivity index (χ1n) is 10.2. The number of carbonyl (C=O) groups excluding carboxylic acids is 2. The highest BCUT2D eigenvalue weighted by Gasteiger charge is 2.39. The molecule has 1 N–H and O–H groups in total. The van der Waals surface area contributed by atoms with Crippen LogP contribution in [-0.2, 0) is 4.79 Å². The molecule has 3 rings (SSSR count). The smallest absolute Gasteiger partial charge is 0.317 e. The van der Waals surface area contributed by atoms with Gasteiger partial charge in [0.05, 0.1) is 6.04 Å². The number of hydrogen-bond acceptors (Lipinski definition) is 3. The molecule has 6 heteroatoms. The van der Waals surface area contributed by atoms with E-state index in [-0.39, 0.29) is 18.0 Å². The van der Waals surface area contributed by atoms with E-state index in [1.807, 2.05) is 4.90 Å². The summed E-state index contributed by atoms with van der Waals surface area (Å²) in [5, 5.41) is 2.96. The molecule has 1 unspecified atom stereocenters. The normalized spacial score (nSPS) is 24.4. The molecule has 1 saturated carbocycles. The second-order valence-corrected chi connectivity index (χ2v) is 7.83. The lowest BCUT2D eigenvalue weighted by Crippen LogP contribution is -2.48. The minimum Gasteiger partial charge on any atom is -0.338 e. The summed E-state index contributed by atoms with van der Waals surface area (Å²) in [5.74, 6) is 0.585. The van der Waals surface area contributed by atoms with E-state index < -0.39 is 0 Å². The quantitative estimate of drug-likeness (QED) is 0.763. The van der Waals surface area contributed by atoms with Gasteiger partial charge >= 0.3 is 6.03 Å². The third-order valence-electron chi connectivity index (χ3n) is 5.73. The first kappa shape index (κ1) is 18.5. The summed E-state index contributed by atoms with van der Waals surface area (Å²) in [5.41, 5.74) is 0. The third-order valence-corrected chi connectivity index (χ3v) is 5.73. The molecule has 2 heterocycles. The number of nitrogens with one attached hydrogen (secondary N) is 1. The lowest BCUT2D eigenvalue weighted by Gasteiger charge is -2.33. The van der Waals surface area contributed by atoms with Crippen molar-refractivity contribution in [3.8, 4) is 0 Å². The lowest BCUT2D eigenvalue weighted by atomic mass is 10.1. The van der Waals surface area contributed by atoms with Gasteiger partial charge in [0, 0.05) is 38.6 Å². The van der Waals surface area contributed by atoms with Gasteiger partial charge in [-0.1, -0.05) is 13.3 Å². The second-order valence-electron chi connectivity index (χ2n) is 7.83. The molecule has 0 aromatic rings. The van der Waals surface area contributed by atoms with Gasteiger partial charge in [-0.15, -0.1) is 0 Å². The Hall–Kier alpha value is -1.30. The topological polar surface area (TPSA) is 55.9 Å². The van der Waals surface area contributed by atoms with E-state index in [2.05, 4.69) is 22.0 Å². The van der Waals surface area contributed by atoms with Crippen molar-refractivity contribution in [1.29, 1.82) is 0 Å². The summed E-state index contributed by atoms with van der Waals surface area (Å²) in [7, 11) is 0. The number of rotatable bonds is 7. The van der Waals surface area contributed by atoms with Crippen molar-refractivity contribution in [3.63, 3.8) is 0 Å². The SMILES string of the molecule is CCCNC(=O)N1CCC(N(CCN2CCCCC2)C(=O)C2CC2)C1. The standard InChI is InChI=1S/C19H34N4O2/c1-2-9-20-19(25)22-12-8-17(15-22)23(18(24)16-6-7-16)14-13-21-10-4-3-5-11-21/h16-17H,2-15H2,1H3,(H,20,25). The van der Waals surface area contributed by atoms with Gasteiger partial charge in [-0.05, 0) is 51.6 Å². The predicted octanol–water partition coefficient (Wildman–Crippen LogP) is 1.90. The van der Waals surface area contributed by atoms with Crippen molar-refractivity contribution in [2.24, 2.45) is 5.92 Å². The summed E-state index contributed by atoms with van der Waals surface area (Å²) >= 11 is 0. The molecule has 6 nitrogen and oxygen atoms in total. The predicted molar refractivity (Wildman–Crippen MR) is 98.4 cm³/mol. The first-order valence-corrected chi connectivity index (χ1v) is 10.2. The molecule has 3 aliphatic rings. The summed E-state index contributed by atoms with van der Waals surface area (Å²) in [6.45, 7) is 8.38. The van der Waals surface area contributed by atoms with Gasteiger partial charge in [0.25, 0.3) is 0 Å². The highest BCUT2D eigenvalue weighted by molar-refractivity contribution is 5.81. The van der Waals surface area contributed by atoms with Gasteiger partial charge in [-0.25, -0.2) is 4.79 Å². The van der Waals surface area contributed by atoms with E-state index in [1.54, 1.807) is 0 Å². The molecule has 3 amide bonds. The number of carbonyl (C=O) groups is 2. The Balaban J connectivity index is 1.53. The van der Waals surface area contributed by atoms with Gasteiger partial charge in [-0.3, -0.25) is 4.79 Å². The highest BCUT2D eigenvalue weighted by atomic mass is 16.2. The molecule has 0 radical (unpaired) electrons. The Kier molecular flexibility index (Phi) is 6.57. The average molecular weight is 351 g/mol. The zero-order chi connectivity index (χ0) is 17.6. The third kappa shape index (κ3) is 5.09. The Labute approximate surface area is 151 Å². The van der Waals surface area contributed by atoms with Crippen molar-refractivity contribution in [3.05, 3.63) is 0 Å². The maximum Gasteiger partial charge on any atom is 0.317 e. The first-order chi connectivity index (χ1) is 12.2. The molecule has 0 aromatic carbocycles. The van der Waals surface area contributed by atoms with Crippen LogP contribution in [0.15, 0.2) is 0 Å². The fourth-order valence-corrected chi connectivity index (χ4v) is 3.99. The fourth-order valence-electron chi connectivity index (χ4n) is 3.99. The summed E-state index contributed by atoms with van der Waals surface area (Å²) < 4.78 is 0. The molecular formula is C19H34N4O2. The molecule has 0 bridgehead atoms. The minimum absolute atomic E-state index is 0.0270. The van der Waals surface area contributed by atoms with Gasteiger partial charge in [-0.2, -0.15) is 0 Å². The zero-order valence-corrected chi connectivity index (χ0v) is 15.7. The molecule has 1 atom stereocenters. The Morgan fingerprint density at radius 1 is 1.08 bits per heavy atom. The zero-order valence-electron chi connectivity index (χ0n) is 15.7. The van der Waals surface area contributed by atoms with Crippen LogP contribution >= 0.6 is 0 Å². The number of hydrogen-bond donors (Lipinski definition) is 1. The molecule has 0 spiro atoms. The van der Waals surface area contributed by atoms with Crippen LogP contribution in [0.5, 0.6) is 0 Å².